The Labute approximate surface area is 117 Å². The molecule has 0 aromatic heterocycles. The maximum Gasteiger partial charge on any atom is 0.138 e. The van der Waals surface area contributed by atoms with E-state index in [1.165, 1.54) is 6.07 Å². The Hall–Kier alpha value is -0.480. The summed E-state index contributed by atoms with van der Waals surface area (Å²) < 4.78 is 5.49. The molecule has 1 saturated carbocycles. The molecule has 0 heterocycles. The molecule has 0 bridgehead atoms. The first-order valence-electron chi connectivity index (χ1n) is 6.12. The average molecular weight is 290 g/mol. The number of rotatable bonds is 5. The predicted molar refractivity (Wildman–Crippen MR) is 73.4 cm³/mol. The first kappa shape index (κ1) is 13.9. The number of ether oxygens (including phenoxy) is 1. The highest BCUT2D eigenvalue weighted by Gasteiger charge is 2.29. The van der Waals surface area contributed by atoms with E-state index >= 15 is 0 Å². The summed E-state index contributed by atoms with van der Waals surface area (Å²) in [5.41, 5.74) is 0.729. The van der Waals surface area contributed by atoms with E-state index in [0.29, 0.717) is 28.7 Å². The monoisotopic (exact) mass is 289 g/mol. The van der Waals surface area contributed by atoms with Crippen LogP contribution in [0.2, 0.25) is 10.0 Å². The highest BCUT2D eigenvalue weighted by atomic mass is 35.5. The molecule has 100 valence electrons. The van der Waals surface area contributed by atoms with Crippen LogP contribution in [0.3, 0.4) is 0 Å². The van der Waals surface area contributed by atoms with E-state index in [0.717, 1.165) is 25.0 Å². The van der Waals surface area contributed by atoms with Crippen LogP contribution >= 0.6 is 23.2 Å². The van der Waals surface area contributed by atoms with Crippen LogP contribution in [0.5, 0.6) is 5.75 Å². The Morgan fingerprint density at radius 1 is 1.39 bits per heavy atom. The average Bonchev–Trinajstić information content (AvgIpc) is 2.27. The van der Waals surface area contributed by atoms with Crippen LogP contribution in [0.4, 0.5) is 0 Å². The fourth-order valence-corrected chi connectivity index (χ4v) is 2.65. The van der Waals surface area contributed by atoms with E-state index in [1.807, 2.05) is 6.92 Å². The SMILES string of the molecule is CCOC1CC(NCc2cc(Cl)cc(Cl)c2O)C1. The van der Waals surface area contributed by atoms with E-state index in [1.54, 1.807) is 6.07 Å². The molecule has 2 N–H and O–H groups in total. The largest absolute Gasteiger partial charge is 0.506 e. The normalized spacial score (nSPS) is 22.8. The summed E-state index contributed by atoms with van der Waals surface area (Å²) in [4.78, 5) is 0. The van der Waals surface area contributed by atoms with E-state index in [2.05, 4.69) is 5.32 Å². The van der Waals surface area contributed by atoms with Gasteiger partial charge in [0.25, 0.3) is 0 Å². The maximum atomic E-state index is 9.81. The molecule has 1 aliphatic carbocycles. The fraction of sp³-hybridized carbons (Fsp3) is 0.538. The molecule has 0 spiro atoms. The smallest absolute Gasteiger partial charge is 0.138 e. The van der Waals surface area contributed by atoms with Crippen molar-refractivity contribution in [1.82, 2.24) is 5.32 Å². The molecule has 0 radical (unpaired) electrons. The number of aromatic hydroxyl groups is 1. The van der Waals surface area contributed by atoms with Gasteiger partial charge in [-0.05, 0) is 31.9 Å². The molecule has 1 aromatic rings. The molecular formula is C13H17Cl2NO2. The van der Waals surface area contributed by atoms with Crippen molar-refractivity contribution < 1.29 is 9.84 Å². The summed E-state index contributed by atoms with van der Waals surface area (Å²) in [6, 6.07) is 3.71. The van der Waals surface area contributed by atoms with E-state index < -0.39 is 0 Å². The molecule has 1 aromatic carbocycles. The van der Waals surface area contributed by atoms with Gasteiger partial charge in [0.1, 0.15) is 5.75 Å². The van der Waals surface area contributed by atoms with Crippen LogP contribution in [0.15, 0.2) is 12.1 Å². The predicted octanol–water partition coefficient (Wildman–Crippen LogP) is 3.36. The second-order valence-electron chi connectivity index (χ2n) is 4.52. The minimum Gasteiger partial charge on any atom is -0.506 e. The topological polar surface area (TPSA) is 41.5 Å². The lowest BCUT2D eigenvalue weighted by molar-refractivity contribution is -0.0102. The molecule has 1 aliphatic rings. The zero-order valence-electron chi connectivity index (χ0n) is 10.2. The summed E-state index contributed by atoms with van der Waals surface area (Å²) in [5, 5.41) is 14.0. The van der Waals surface area contributed by atoms with Crippen molar-refractivity contribution >= 4 is 23.2 Å². The molecule has 2 rings (SSSR count). The lowest BCUT2D eigenvalue weighted by Gasteiger charge is -2.35. The van der Waals surface area contributed by atoms with Crippen molar-refractivity contribution in [3.05, 3.63) is 27.7 Å². The van der Waals surface area contributed by atoms with Gasteiger partial charge in [0, 0.05) is 29.8 Å². The van der Waals surface area contributed by atoms with E-state index in [4.69, 9.17) is 27.9 Å². The summed E-state index contributed by atoms with van der Waals surface area (Å²) in [7, 11) is 0. The number of phenolic OH excluding ortho intramolecular Hbond substituents is 1. The molecule has 18 heavy (non-hydrogen) atoms. The zero-order valence-corrected chi connectivity index (χ0v) is 11.8. The zero-order chi connectivity index (χ0) is 13.1. The minimum absolute atomic E-state index is 0.106. The van der Waals surface area contributed by atoms with Gasteiger partial charge in [-0.3, -0.25) is 0 Å². The quantitative estimate of drug-likeness (QED) is 0.873. The number of benzene rings is 1. The maximum absolute atomic E-state index is 9.81. The van der Waals surface area contributed by atoms with Gasteiger partial charge in [-0.1, -0.05) is 23.2 Å². The van der Waals surface area contributed by atoms with Crippen molar-refractivity contribution in [2.75, 3.05) is 6.61 Å². The molecule has 0 unspecified atom stereocenters. The van der Waals surface area contributed by atoms with Crippen LogP contribution in [0.1, 0.15) is 25.3 Å². The van der Waals surface area contributed by atoms with E-state index in [-0.39, 0.29) is 5.75 Å². The van der Waals surface area contributed by atoms with Crippen molar-refractivity contribution in [2.45, 2.75) is 38.5 Å². The van der Waals surface area contributed by atoms with Crippen LogP contribution in [-0.4, -0.2) is 23.9 Å². The summed E-state index contributed by atoms with van der Waals surface area (Å²) >= 11 is 11.8. The molecule has 0 atom stereocenters. The lowest BCUT2D eigenvalue weighted by atomic mass is 9.89. The van der Waals surface area contributed by atoms with Crippen molar-refractivity contribution in [3.8, 4) is 5.75 Å². The van der Waals surface area contributed by atoms with Crippen LogP contribution in [0.25, 0.3) is 0 Å². The number of nitrogens with one attached hydrogen (secondary N) is 1. The molecule has 0 amide bonds. The third kappa shape index (κ3) is 3.29. The van der Waals surface area contributed by atoms with Gasteiger partial charge < -0.3 is 15.2 Å². The fourth-order valence-electron chi connectivity index (χ4n) is 2.11. The first-order chi connectivity index (χ1) is 8.60. The lowest BCUT2D eigenvalue weighted by Crippen LogP contribution is -2.45. The second kappa shape index (κ2) is 6.11. The minimum atomic E-state index is 0.106. The Balaban J connectivity index is 1.84. The summed E-state index contributed by atoms with van der Waals surface area (Å²) in [6.07, 6.45) is 2.41. The van der Waals surface area contributed by atoms with Gasteiger partial charge in [-0.15, -0.1) is 0 Å². The first-order valence-corrected chi connectivity index (χ1v) is 6.87. The van der Waals surface area contributed by atoms with Gasteiger partial charge in [0.2, 0.25) is 0 Å². The summed E-state index contributed by atoms with van der Waals surface area (Å²) in [6.45, 7) is 3.34. The number of hydrogen-bond acceptors (Lipinski definition) is 3. The van der Waals surface area contributed by atoms with Gasteiger partial charge in [0.15, 0.2) is 0 Å². The number of halogens is 2. The van der Waals surface area contributed by atoms with Crippen LogP contribution in [-0.2, 0) is 11.3 Å². The third-order valence-corrected chi connectivity index (χ3v) is 3.69. The number of phenols is 1. The third-order valence-electron chi connectivity index (χ3n) is 3.19. The van der Waals surface area contributed by atoms with Crippen molar-refractivity contribution in [2.24, 2.45) is 0 Å². The number of hydrogen-bond donors (Lipinski definition) is 2. The highest BCUT2D eigenvalue weighted by Crippen LogP contribution is 2.31. The van der Waals surface area contributed by atoms with Gasteiger partial charge in [-0.25, -0.2) is 0 Å². The van der Waals surface area contributed by atoms with E-state index in [9.17, 15) is 5.11 Å². The van der Waals surface area contributed by atoms with Crippen LogP contribution < -0.4 is 5.32 Å². The van der Waals surface area contributed by atoms with Crippen molar-refractivity contribution in [3.63, 3.8) is 0 Å². The molecule has 1 fully saturated rings. The summed E-state index contributed by atoms with van der Waals surface area (Å²) in [5.74, 6) is 0.106. The molecular weight excluding hydrogens is 273 g/mol. The highest BCUT2D eigenvalue weighted by molar-refractivity contribution is 6.35. The molecule has 5 heteroatoms. The van der Waals surface area contributed by atoms with Gasteiger partial charge in [0.05, 0.1) is 11.1 Å². The Morgan fingerprint density at radius 2 is 2.11 bits per heavy atom. The standard InChI is InChI=1S/C13H17Cl2NO2/c1-2-18-11-5-10(6-11)16-7-8-3-9(14)4-12(15)13(8)17/h3-4,10-11,16-17H,2,5-7H2,1H3. The van der Waals surface area contributed by atoms with Gasteiger partial charge in [-0.2, -0.15) is 0 Å². The van der Waals surface area contributed by atoms with Gasteiger partial charge >= 0.3 is 0 Å². The molecule has 0 saturated heterocycles. The Bertz CT molecular complexity index is 420. The van der Waals surface area contributed by atoms with Crippen LogP contribution in [0, 0.1) is 0 Å². The Kier molecular flexibility index (Phi) is 4.73. The van der Waals surface area contributed by atoms with Crippen molar-refractivity contribution in [1.29, 1.82) is 0 Å². The second-order valence-corrected chi connectivity index (χ2v) is 5.37. The molecule has 0 aliphatic heterocycles. The molecule has 3 nitrogen and oxygen atoms in total. The Morgan fingerprint density at radius 3 is 2.78 bits per heavy atom.